The molecule has 0 radical (unpaired) electrons. The highest BCUT2D eigenvalue weighted by atomic mass is 19.4. The summed E-state index contributed by atoms with van der Waals surface area (Å²) in [4.78, 5) is 20.4. The van der Waals surface area contributed by atoms with E-state index in [-0.39, 0.29) is 12.0 Å². The largest absolute Gasteiger partial charge is 0.465 e. The molecule has 0 atom stereocenters. The van der Waals surface area contributed by atoms with Gasteiger partial charge in [-0.2, -0.15) is 13.2 Å². The van der Waals surface area contributed by atoms with Crippen LogP contribution in [0.4, 0.5) is 13.2 Å². The molecule has 0 fully saturated rings. The van der Waals surface area contributed by atoms with E-state index in [1.165, 1.54) is 25.4 Å². The van der Waals surface area contributed by atoms with Crippen LogP contribution in [0.5, 0.6) is 0 Å². The third kappa shape index (κ3) is 4.28. The summed E-state index contributed by atoms with van der Waals surface area (Å²) >= 11 is 0. The summed E-state index contributed by atoms with van der Waals surface area (Å²) in [5, 5.41) is 0.874. The molecule has 1 aromatic carbocycles. The number of pyridine rings is 2. The topological polar surface area (TPSA) is 57.0 Å². The van der Waals surface area contributed by atoms with Crippen molar-refractivity contribution in [3.8, 4) is 11.4 Å². The Morgan fingerprint density at radius 2 is 1.84 bits per heavy atom. The minimum Gasteiger partial charge on any atom is -0.465 e. The molecule has 5 nitrogen and oxygen atoms in total. The second-order valence-corrected chi connectivity index (χ2v) is 6.96. The van der Waals surface area contributed by atoms with Gasteiger partial charge in [-0.05, 0) is 42.3 Å². The number of hydrogen-bond donors (Lipinski definition) is 0. The number of aromatic nitrogens is 3. The molecule has 8 heteroatoms. The van der Waals surface area contributed by atoms with E-state index in [2.05, 4.69) is 9.97 Å². The fraction of sp³-hybridized carbons (Fsp3) is 0.174. The Bertz CT molecular complexity index is 1250. The molecule has 0 N–H and O–H groups in total. The predicted molar refractivity (Wildman–Crippen MR) is 109 cm³/mol. The number of benzene rings is 1. The highest BCUT2D eigenvalue weighted by Gasteiger charge is 2.32. The van der Waals surface area contributed by atoms with Gasteiger partial charge in [0.2, 0.25) is 0 Å². The smallest absolute Gasteiger partial charge is 0.416 e. The van der Waals surface area contributed by atoms with E-state index in [9.17, 15) is 18.0 Å². The number of hydrogen-bond acceptors (Lipinski definition) is 4. The molecule has 0 aliphatic heterocycles. The normalized spacial score (nSPS) is 11.6. The summed E-state index contributed by atoms with van der Waals surface area (Å²) in [5.41, 5.74) is 1.93. The molecule has 0 saturated carbocycles. The summed E-state index contributed by atoms with van der Waals surface area (Å²) in [6.07, 6.45) is 0.857. The molecule has 0 aliphatic carbocycles. The van der Waals surface area contributed by atoms with Gasteiger partial charge in [0, 0.05) is 24.3 Å². The third-order valence-electron chi connectivity index (χ3n) is 5.05. The molecule has 0 unspecified atom stereocenters. The highest BCUT2D eigenvalue weighted by Crippen LogP contribution is 2.32. The minimum absolute atomic E-state index is 0.240. The van der Waals surface area contributed by atoms with Crippen molar-refractivity contribution in [2.45, 2.75) is 19.1 Å². The number of alkyl halides is 3. The van der Waals surface area contributed by atoms with E-state index in [0.717, 1.165) is 17.0 Å². The number of aryl methyl sites for hydroxylation is 2. The van der Waals surface area contributed by atoms with Gasteiger partial charge >= 0.3 is 12.1 Å². The first-order valence-electron chi connectivity index (χ1n) is 9.51. The molecular weight excluding hydrogens is 407 g/mol. The molecule has 0 spiro atoms. The third-order valence-corrected chi connectivity index (χ3v) is 5.05. The predicted octanol–water partition coefficient (Wildman–Crippen LogP) is 5.15. The van der Waals surface area contributed by atoms with Gasteiger partial charge < -0.3 is 9.30 Å². The first-order chi connectivity index (χ1) is 14.9. The summed E-state index contributed by atoms with van der Waals surface area (Å²) in [6, 6.07) is 12.5. The van der Waals surface area contributed by atoms with Crippen molar-refractivity contribution in [2.75, 3.05) is 7.11 Å². The molecule has 31 heavy (non-hydrogen) atoms. The average molecular weight is 425 g/mol. The zero-order chi connectivity index (χ0) is 22.0. The van der Waals surface area contributed by atoms with E-state index < -0.39 is 17.7 Å². The molecule has 4 aromatic rings. The number of ether oxygens (including phenoxy) is 1. The number of carbonyl (C=O) groups is 1. The fourth-order valence-electron chi connectivity index (χ4n) is 3.49. The summed E-state index contributed by atoms with van der Waals surface area (Å²) < 4.78 is 46.3. The number of fused-ring (bicyclic) bond motifs is 1. The van der Waals surface area contributed by atoms with Gasteiger partial charge in [-0.15, -0.1) is 0 Å². The van der Waals surface area contributed by atoms with Gasteiger partial charge in [-0.3, -0.25) is 9.97 Å². The van der Waals surface area contributed by atoms with Gasteiger partial charge in [0.1, 0.15) is 0 Å². The molecule has 158 valence electrons. The zero-order valence-electron chi connectivity index (χ0n) is 16.6. The highest BCUT2D eigenvalue weighted by molar-refractivity contribution is 5.90. The Morgan fingerprint density at radius 1 is 1.06 bits per heavy atom. The molecule has 3 heterocycles. The Morgan fingerprint density at radius 3 is 2.61 bits per heavy atom. The van der Waals surface area contributed by atoms with Gasteiger partial charge in [-0.1, -0.05) is 18.2 Å². The summed E-state index contributed by atoms with van der Waals surface area (Å²) in [6.45, 7) is 0.383. The number of halogens is 3. The molecular formula is C23H18F3N3O2. The molecule has 0 saturated heterocycles. The van der Waals surface area contributed by atoms with Crippen LogP contribution < -0.4 is 0 Å². The maximum Gasteiger partial charge on any atom is 0.416 e. The number of rotatable bonds is 5. The van der Waals surface area contributed by atoms with Crippen LogP contribution in [-0.2, 0) is 23.9 Å². The quantitative estimate of drug-likeness (QED) is 0.415. The zero-order valence-corrected chi connectivity index (χ0v) is 16.6. The average Bonchev–Trinajstić information content (AvgIpc) is 3.19. The Kier molecular flexibility index (Phi) is 5.46. The lowest BCUT2D eigenvalue weighted by atomic mass is 10.0. The van der Waals surface area contributed by atoms with Gasteiger partial charge in [-0.25, -0.2) is 4.79 Å². The van der Waals surface area contributed by atoms with Crippen molar-refractivity contribution in [1.29, 1.82) is 0 Å². The van der Waals surface area contributed by atoms with E-state index in [0.29, 0.717) is 23.5 Å². The van der Waals surface area contributed by atoms with E-state index in [1.54, 1.807) is 24.4 Å². The van der Waals surface area contributed by atoms with Gasteiger partial charge in [0.05, 0.1) is 41.3 Å². The van der Waals surface area contributed by atoms with Crippen LogP contribution in [0.3, 0.4) is 0 Å². The molecule has 0 aliphatic rings. The van der Waals surface area contributed by atoms with Crippen LogP contribution in [0.25, 0.3) is 22.3 Å². The van der Waals surface area contributed by atoms with Gasteiger partial charge in [0.25, 0.3) is 0 Å². The van der Waals surface area contributed by atoms with Crippen LogP contribution in [0, 0.1) is 0 Å². The van der Waals surface area contributed by atoms with Crippen LogP contribution >= 0.6 is 0 Å². The van der Waals surface area contributed by atoms with Crippen LogP contribution in [0.1, 0.15) is 21.5 Å². The SMILES string of the molecule is COC(=O)c1ccnc(-c2cc3ccn(CCc4ccccc4C(F)(F)F)c3cn2)c1. The Hall–Kier alpha value is -3.68. The fourth-order valence-corrected chi connectivity index (χ4v) is 3.49. The maximum absolute atomic E-state index is 13.2. The van der Waals surface area contributed by atoms with Crippen molar-refractivity contribution in [3.05, 3.63) is 83.8 Å². The second kappa shape index (κ2) is 8.22. The van der Waals surface area contributed by atoms with E-state index in [1.807, 2.05) is 22.9 Å². The van der Waals surface area contributed by atoms with Crippen molar-refractivity contribution in [3.63, 3.8) is 0 Å². The number of esters is 1. The van der Waals surface area contributed by atoms with Gasteiger partial charge in [0.15, 0.2) is 0 Å². The number of carbonyl (C=O) groups excluding carboxylic acids is 1. The Labute approximate surface area is 176 Å². The minimum atomic E-state index is -4.38. The molecule has 0 amide bonds. The first kappa shape index (κ1) is 20.6. The van der Waals surface area contributed by atoms with Crippen LogP contribution in [0.15, 0.2) is 67.1 Å². The summed E-state index contributed by atoms with van der Waals surface area (Å²) in [5.74, 6) is -0.463. The monoisotopic (exact) mass is 425 g/mol. The van der Waals surface area contributed by atoms with E-state index in [4.69, 9.17) is 4.74 Å². The van der Waals surface area contributed by atoms with Crippen LogP contribution in [0.2, 0.25) is 0 Å². The van der Waals surface area contributed by atoms with Crippen molar-refractivity contribution in [2.24, 2.45) is 0 Å². The first-order valence-corrected chi connectivity index (χ1v) is 9.51. The second-order valence-electron chi connectivity index (χ2n) is 6.96. The molecule has 3 aromatic heterocycles. The number of nitrogens with zero attached hydrogens (tertiary/aromatic N) is 3. The maximum atomic E-state index is 13.2. The van der Waals surface area contributed by atoms with Crippen molar-refractivity contribution >= 4 is 16.9 Å². The standard InChI is InChI=1S/C23H18F3N3O2/c1-31-22(30)17-6-9-27-19(13-17)20-12-16-8-11-29(21(16)14-28-20)10-7-15-4-2-3-5-18(15)23(24,25)26/h2-6,8-9,11-14H,7,10H2,1H3. The van der Waals surface area contributed by atoms with Crippen LogP contribution in [-0.4, -0.2) is 27.6 Å². The van der Waals surface area contributed by atoms with Crippen molar-refractivity contribution in [1.82, 2.24) is 14.5 Å². The van der Waals surface area contributed by atoms with Crippen molar-refractivity contribution < 1.29 is 22.7 Å². The molecule has 4 rings (SSSR count). The summed E-state index contributed by atoms with van der Waals surface area (Å²) in [7, 11) is 1.31. The number of methoxy groups -OCH3 is 1. The Balaban J connectivity index is 1.59. The van der Waals surface area contributed by atoms with E-state index >= 15 is 0 Å². The lowest BCUT2D eigenvalue weighted by molar-refractivity contribution is -0.138. The molecule has 0 bridgehead atoms. The lowest BCUT2D eigenvalue weighted by Crippen LogP contribution is -2.10. The lowest BCUT2D eigenvalue weighted by Gasteiger charge is -2.13.